The topological polar surface area (TPSA) is 34.8 Å². The fraction of sp³-hybridized carbons (Fsp3) is 0.615. The summed E-state index contributed by atoms with van der Waals surface area (Å²) in [6.45, 7) is 0.929. The monoisotopic (exact) mass is 285 g/mol. The molecule has 0 bridgehead atoms. The van der Waals surface area contributed by atoms with Gasteiger partial charge in [-0.2, -0.15) is 0 Å². The lowest BCUT2D eigenvalue weighted by Gasteiger charge is -2.23. The number of anilines is 1. The Morgan fingerprint density at radius 2 is 1.58 bits per heavy atom. The minimum atomic E-state index is -2.42. The molecule has 0 amide bonds. The third-order valence-electron chi connectivity index (χ3n) is 3.22. The fourth-order valence-electron chi connectivity index (χ4n) is 1.93. The highest BCUT2D eigenvalue weighted by Gasteiger charge is 2.37. The van der Waals surface area contributed by atoms with Gasteiger partial charge < -0.3 is 18.2 Å². The van der Waals surface area contributed by atoms with E-state index in [0.717, 1.165) is 19.0 Å². The van der Waals surface area contributed by atoms with Crippen LogP contribution in [-0.4, -0.2) is 44.2 Å². The van der Waals surface area contributed by atoms with Gasteiger partial charge in [-0.15, -0.1) is 0 Å². The van der Waals surface area contributed by atoms with Crippen molar-refractivity contribution in [3.8, 4) is 0 Å². The normalized spacial score (nSPS) is 11.6. The summed E-state index contributed by atoms with van der Waals surface area (Å²) in [5, 5.41) is 0. The summed E-state index contributed by atoms with van der Waals surface area (Å²) in [4.78, 5) is 2.09. The lowest BCUT2D eigenvalue weighted by atomic mass is 10.3. The molecule has 0 aliphatic carbocycles. The smallest absolute Gasteiger partial charge is 0.377 e. The van der Waals surface area contributed by atoms with Crippen molar-refractivity contribution in [1.82, 2.24) is 0 Å². The number of hydrogen-bond acceptors (Lipinski definition) is 4. The summed E-state index contributed by atoms with van der Waals surface area (Å²) in [5.74, 6) is 0. The van der Waals surface area contributed by atoms with Gasteiger partial charge in [0.15, 0.2) is 12.4 Å². The van der Waals surface area contributed by atoms with E-state index in [1.807, 2.05) is 14.1 Å². The van der Waals surface area contributed by atoms with Crippen LogP contribution >= 0.6 is 0 Å². The summed E-state index contributed by atoms with van der Waals surface area (Å²) in [7, 11) is 6.61. The molecule has 0 unspecified atom stereocenters. The molecule has 0 aliphatic rings. The minimum absolute atomic E-state index is 0.818. The van der Waals surface area contributed by atoms with Gasteiger partial charge in [0.2, 0.25) is 0 Å². The van der Waals surface area contributed by atoms with E-state index in [2.05, 4.69) is 34.0 Å². The molecule has 0 N–H and O–H groups in total. The third kappa shape index (κ3) is 4.57. The van der Waals surface area contributed by atoms with Crippen LogP contribution in [0.4, 0.5) is 5.69 Å². The average molecular weight is 285 g/mol. The second-order valence-corrected chi connectivity index (χ2v) is 7.68. The van der Waals surface area contributed by atoms with Gasteiger partial charge in [0.05, 0.1) is 0 Å². The SMILES string of the molecule is CO[Si](CCC[n+]1ccc(N(C)C)cc1)(OC)OC. The highest BCUT2D eigenvalue weighted by atomic mass is 28.4. The zero-order valence-electron chi connectivity index (χ0n) is 12.5. The molecule has 0 spiro atoms. The number of rotatable bonds is 8. The second kappa shape index (κ2) is 7.59. The number of hydrogen-bond donors (Lipinski definition) is 0. The molecule has 6 heteroatoms. The van der Waals surface area contributed by atoms with Crippen LogP contribution in [0.2, 0.25) is 6.04 Å². The first-order valence-corrected chi connectivity index (χ1v) is 8.32. The summed E-state index contributed by atoms with van der Waals surface area (Å²) >= 11 is 0. The molecule has 1 rings (SSSR count). The molecule has 1 aromatic rings. The minimum Gasteiger partial charge on any atom is -0.377 e. The molecular formula is C13H25N2O3Si+. The van der Waals surface area contributed by atoms with Gasteiger partial charge in [0.25, 0.3) is 0 Å². The van der Waals surface area contributed by atoms with Crippen LogP contribution in [0.3, 0.4) is 0 Å². The standard InChI is InChI=1S/C13H25N2O3Si/c1-14(2)13-7-10-15(11-8-13)9-6-12-19(16-3,17-4)18-5/h7-8,10-11H,6,9,12H2,1-5H3/q+1. The molecular weight excluding hydrogens is 260 g/mol. The first-order chi connectivity index (χ1) is 9.06. The molecule has 1 aromatic heterocycles. The molecule has 0 radical (unpaired) electrons. The van der Waals surface area contributed by atoms with Crippen molar-refractivity contribution in [2.24, 2.45) is 0 Å². The van der Waals surface area contributed by atoms with E-state index >= 15 is 0 Å². The molecule has 0 fully saturated rings. The molecule has 19 heavy (non-hydrogen) atoms. The van der Waals surface area contributed by atoms with Gasteiger partial charge in [0.1, 0.15) is 6.54 Å². The predicted molar refractivity (Wildman–Crippen MR) is 77.2 cm³/mol. The second-order valence-electron chi connectivity index (χ2n) is 4.59. The maximum atomic E-state index is 5.40. The maximum Gasteiger partial charge on any atom is 0.500 e. The van der Waals surface area contributed by atoms with Crippen LogP contribution in [0, 0.1) is 0 Å². The van der Waals surface area contributed by atoms with Crippen molar-refractivity contribution >= 4 is 14.5 Å². The lowest BCUT2D eigenvalue weighted by Crippen LogP contribution is -2.44. The van der Waals surface area contributed by atoms with E-state index in [4.69, 9.17) is 13.3 Å². The van der Waals surface area contributed by atoms with Gasteiger partial charge in [-0.1, -0.05) is 0 Å². The molecule has 5 nitrogen and oxygen atoms in total. The van der Waals surface area contributed by atoms with Crippen molar-refractivity contribution < 1.29 is 17.8 Å². The number of pyridine rings is 1. The van der Waals surface area contributed by atoms with Crippen molar-refractivity contribution in [3.05, 3.63) is 24.5 Å². The van der Waals surface area contributed by atoms with Crippen molar-refractivity contribution in [2.45, 2.75) is 19.0 Å². The van der Waals surface area contributed by atoms with Crippen LogP contribution < -0.4 is 9.47 Å². The number of nitrogens with zero attached hydrogens (tertiary/aromatic N) is 2. The quantitative estimate of drug-likeness (QED) is 0.533. The molecule has 0 saturated heterocycles. The van der Waals surface area contributed by atoms with Crippen LogP contribution in [0.15, 0.2) is 24.5 Å². The van der Waals surface area contributed by atoms with Crippen LogP contribution in [0.5, 0.6) is 0 Å². The van der Waals surface area contributed by atoms with Gasteiger partial charge >= 0.3 is 8.80 Å². The Balaban J connectivity index is 2.48. The van der Waals surface area contributed by atoms with Crippen molar-refractivity contribution in [1.29, 1.82) is 0 Å². The Morgan fingerprint density at radius 1 is 1.05 bits per heavy atom. The van der Waals surface area contributed by atoms with E-state index in [1.165, 1.54) is 5.69 Å². The van der Waals surface area contributed by atoms with E-state index in [9.17, 15) is 0 Å². The highest BCUT2D eigenvalue weighted by molar-refractivity contribution is 6.60. The Morgan fingerprint density at radius 3 is 2.00 bits per heavy atom. The van der Waals surface area contributed by atoms with Crippen molar-refractivity contribution in [2.75, 3.05) is 40.3 Å². The molecule has 0 atom stereocenters. The average Bonchev–Trinajstić information content (AvgIpc) is 2.45. The summed E-state index contributed by atoms with van der Waals surface area (Å²) in [6, 6.07) is 5.03. The Kier molecular flexibility index (Phi) is 6.43. The molecule has 0 aromatic carbocycles. The molecule has 1 heterocycles. The maximum absolute atomic E-state index is 5.40. The highest BCUT2D eigenvalue weighted by Crippen LogP contribution is 2.14. The number of aromatic nitrogens is 1. The van der Waals surface area contributed by atoms with E-state index in [-0.39, 0.29) is 0 Å². The molecule has 0 aliphatic heterocycles. The third-order valence-corrected chi connectivity index (χ3v) is 6.05. The zero-order valence-corrected chi connectivity index (χ0v) is 13.5. The lowest BCUT2D eigenvalue weighted by molar-refractivity contribution is -0.696. The van der Waals surface area contributed by atoms with Gasteiger partial charge in [-0.05, 0) is 0 Å². The summed E-state index contributed by atoms with van der Waals surface area (Å²) < 4.78 is 18.4. The first kappa shape index (κ1) is 16.1. The van der Waals surface area contributed by atoms with Crippen molar-refractivity contribution in [3.63, 3.8) is 0 Å². The van der Waals surface area contributed by atoms with E-state index < -0.39 is 8.80 Å². The Bertz CT molecular complexity index is 358. The molecule has 108 valence electrons. The summed E-state index contributed by atoms with van der Waals surface area (Å²) in [6.07, 6.45) is 5.14. The van der Waals surface area contributed by atoms with Crippen LogP contribution in [0.25, 0.3) is 0 Å². The zero-order chi connectivity index (χ0) is 14.3. The first-order valence-electron chi connectivity index (χ1n) is 6.39. The van der Waals surface area contributed by atoms with Gasteiger partial charge in [0, 0.05) is 65.7 Å². The Labute approximate surface area is 117 Å². The van der Waals surface area contributed by atoms with Crippen LogP contribution in [-0.2, 0) is 19.8 Å². The predicted octanol–water partition coefficient (Wildman–Crippen LogP) is 1.31. The summed E-state index contributed by atoms with van der Waals surface area (Å²) in [5.41, 5.74) is 1.20. The fourth-order valence-corrected chi connectivity index (χ4v) is 3.63. The Hall–Kier alpha value is -0.953. The van der Waals surface area contributed by atoms with Gasteiger partial charge in [-0.25, -0.2) is 4.57 Å². The van der Waals surface area contributed by atoms with Gasteiger partial charge in [-0.3, -0.25) is 0 Å². The molecule has 0 saturated carbocycles. The van der Waals surface area contributed by atoms with Crippen LogP contribution in [0.1, 0.15) is 6.42 Å². The largest absolute Gasteiger partial charge is 0.500 e. The van der Waals surface area contributed by atoms with E-state index in [1.54, 1.807) is 21.3 Å². The van der Waals surface area contributed by atoms with E-state index in [0.29, 0.717) is 0 Å². The number of aryl methyl sites for hydroxylation is 1.